The molecule has 0 amide bonds. The van der Waals surface area contributed by atoms with Crippen LogP contribution in [0.1, 0.15) is 31.7 Å². The van der Waals surface area contributed by atoms with Crippen LogP contribution >= 0.6 is 0 Å². The summed E-state index contributed by atoms with van der Waals surface area (Å²) in [5.41, 5.74) is 2.20. The highest BCUT2D eigenvalue weighted by Crippen LogP contribution is 2.20. The van der Waals surface area contributed by atoms with Crippen molar-refractivity contribution in [1.82, 2.24) is 15.5 Å². The monoisotopic (exact) mass is 259 g/mol. The second kappa shape index (κ2) is 6.48. The van der Waals surface area contributed by atoms with Crippen molar-refractivity contribution < 1.29 is 4.52 Å². The van der Waals surface area contributed by atoms with Crippen molar-refractivity contribution in [2.24, 2.45) is 0 Å². The molecule has 2 aromatic rings. The van der Waals surface area contributed by atoms with Crippen LogP contribution < -0.4 is 5.32 Å². The fourth-order valence-electron chi connectivity index (χ4n) is 2.08. The standard InChI is InChI=1S/C15H21N3O/c1-4-16-12(3)9-10-14-17-15(18-19-14)13-8-6-5-7-11(13)2/h5-8,12,16H,4,9-10H2,1-3H3. The van der Waals surface area contributed by atoms with E-state index in [9.17, 15) is 0 Å². The third kappa shape index (κ3) is 3.64. The Morgan fingerprint density at radius 2 is 2.11 bits per heavy atom. The maximum Gasteiger partial charge on any atom is 0.227 e. The molecule has 0 aliphatic rings. The fraction of sp³-hybridized carbons (Fsp3) is 0.467. The molecule has 1 heterocycles. The van der Waals surface area contributed by atoms with Crippen LogP contribution in [0, 0.1) is 6.92 Å². The third-order valence-corrected chi connectivity index (χ3v) is 3.20. The molecule has 0 radical (unpaired) electrons. The van der Waals surface area contributed by atoms with Gasteiger partial charge in [-0.15, -0.1) is 0 Å². The number of aromatic nitrogens is 2. The van der Waals surface area contributed by atoms with E-state index in [1.54, 1.807) is 0 Å². The average Bonchev–Trinajstić information content (AvgIpc) is 2.86. The molecular weight excluding hydrogens is 238 g/mol. The maximum absolute atomic E-state index is 5.31. The highest BCUT2D eigenvalue weighted by atomic mass is 16.5. The van der Waals surface area contributed by atoms with Gasteiger partial charge in [-0.05, 0) is 32.4 Å². The summed E-state index contributed by atoms with van der Waals surface area (Å²) in [6.45, 7) is 7.32. The topological polar surface area (TPSA) is 51.0 Å². The van der Waals surface area contributed by atoms with Gasteiger partial charge >= 0.3 is 0 Å². The van der Waals surface area contributed by atoms with Crippen molar-refractivity contribution in [2.75, 3.05) is 6.54 Å². The molecule has 0 aliphatic heterocycles. The Morgan fingerprint density at radius 3 is 2.84 bits per heavy atom. The van der Waals surface area contributed by atoms with Crippen LogP contribution in [0.3, 0.4) is 0 Å². The van der Waals surface area contributed by atoms with Crippen LogP contribution in [0.25, 0.3) is 11.4 Å². The van der Waals surface area contributed by atoms with E-state index >= 15 is 0 Å². The summed E-state index contributed by atoms with van der Waals surface area (Å²) in [5, 5.41) is 7.44. The molecule has 2 rings (SSSR count). The van der Waals surface area contributed by atoms with Gasteiger partial charge in [-0.2, -0.15) is 4.98 Å². The minimum atomic E-state index is 0.471. The number of benzene rings is 1. The first kappa shape index (κ1) is 13.7. The van der Waals surface area contributed by atoms with Crippen molar-refractivity contribution in [1.29, 1.82) is 0 Å². The molecule has 0 fully saturated rings. The van der Waals surface area contributed by atoms with Gasteiger partial charge in [0.25, 0.3) is 0 Å². The van der Waals surface area contributed by atoms with E-state index in [1.165, 1.54) is 0 Å². The average molecular weight is 259 g/mol. The lowest BCUT2D eigenvalue weighted by molar-refractivity contribution is 0.368. The molecule has 1 N–H and O–H groups in total. The minimum Gasteiger partial charge on any atom is -0.339 e. The zero-order valence-corrected chi connectivity index (χ0v) is 11.8. The van der Waals surface area contributed by atoms with Gasteiger partial charge in [0.15, 0.2) is 0 Å². The number of aryl methyl sites for hydroxylation is 2. The highest BCUT2D eigenvalue weighted by molar-refractivity contribution is 5.58. The number of rotatable bonds is 6. The quantitative estimate of drug-likeness (QED) is 0.866. The summed E-state index contributed by atoms with van der Waals surface area (Å²) >= 11 is 0. The third-order valence-electron chi connectivity index (χ3n) is 3.20. The van der Waals surface area contributed by atoms with Gasteiger partial charge in [0.1, 0.15) is 0 Å². The van der Waals surface area contributed by atoms with E-state index < -0.39 is 0 Å². The van der Waals surface area contributed by atoms with Crippen LogP contribution in [0.4, 0.5) is 0 Å². The van der Waals surface area contributed by atoms with Crippen molar-refractivity contribution in [2.45, 2.75) is 39.7 Å². The van der Waals surface area contributed by atoms with Crippen LogP contribution in [-0.4, -0.2) is 22.7 Å². The summed E-state index contributed by atoms with van der Waals surface area (Å²) in [6, 6.07) is 8.55. The van der Waals surface area contributed by atoms with Gasteiger partial charge in [0, 0.05) is 18.0 Å². The Bertz CT molecular complexity index is 522. The maximum atomic E-state index is 5.31. The van der Waals surface area contributed by atoms with Crippen LogP contribution in [0.2, 0.25) is 0 Å². The van der Waals surface area contributed by atoms with E-state index in [4.69, 9.17) is 4.52 Å². The molecule has 1 aromatic carbocycles. The lowest BCUT2D eigenvalue weighted by atomic mass is 10.1. The molecule has 4 nitrogen and oxygen atoms in total. The molecule has 4 heteroatoms. The lowest BCUT2D eigenvalue weighted by Crippen LogP contribution is -2.25. The summed E-state index contributed by atoms with van der Waals surface area (Å²) in [6.07, 6.45) is 1.82. The predicted octanol–water partition coefficient (Wildman–Crippen LogP) is 2.98. The van der Waals surface area contributed by atoms with Crippen molar-refractivity contribution in [3.05, 3.63) is 35.7 Å². The predicted molar refractivity (Wildman–Crippen MR) is 75.9 cm³/mol. The summed E-state index contributed by atoms with van der Waals surface area (Å²) in [5.74, 6) is 1.40. The Labute approximate surface area is 114 Å². The molecule has 0 saturated carbocycles. The zero-order chi connectivity index (χ0) is 13.7. The van der Waals surface area contributed by atoms with Crippen LogP contribution in [-0.2, 0) is 6.42 Å². The first-order valence-corrected chi connectivity index (χ1v) is 6.82. The largest absolute Gasteiger partial charge is 0.339 e. The Kier molecular flexibility index (Phi) is 4.68. The van der Waals surface area contributed by atoms with Crippen LogP contribution in [0.5, 0.6) is 0 Å². The van der Waals surface area contributed by atoms with Crippen molar-refractivity contribution in [3.63, 3.8) is 0 Å². The van der Waals surface area contributed by atoms with Gasteiger partial charge in [0.05, 0.1) is 0 Å². The second-order valence-corrected chi connectivity index (χ2v) is 4.82. The van der Waals surface area contributed by atoms with Crippen molar-refractivity contribution >= 4 is 0 Å². The summed E-state index contributed by atoms with van der Waals surface area (Å²) in [7, 11) is 0. The number of hydrogen-bond acceptors (Lipinski definition) is 4. The van der Waals surface area contributed by atoms with E-state index in [0.29, 0.717) is 17.8 Å². The Morgan fingerprint density at radius 1 is 1.32 bits per heavy atom. The minimum absolute atomic E-state index is 0.471. The molecule has 1 aromatic heterocycles. The molecule has 1 unspecified atom stereocenters. The SMILES string of the molecule is CCNC(C)CCc1nc(-c2ccccc2C)no1. The molecule has 19 heavy (non-hydrogen) atoms. The number of nitrogens with one attached hydrogen (secondary N) is 1. The van der Waals surface area contributed by atoms with Gasteiger partial charge in [-0.25, -0.2) is 0 Å². The first-order valence-electron chi connectivity index (χ1n) is 6.82. The second-order valence-electron chi connectivity index (χ2n) is 4.82. The smallest absolute Gasteiger partial charge is 0.227 e. The van der Waals surface area contributed by atoms with Crippen LogP contribution in [0.15, 0.2) is 28.8 Å². The van der Waals surface area contributed by atoms with E-state index in [1.807, 2.05) is 18.2 Å². The zero-order valence-electron chi connectivity index (χ0n) is 11.8. The van der Waals surface area contributed by atoms with Gasteiger partial charge < -0.3 is 9.84 Å². The van der Waals surface area contributed by atoms with Gasteiger partial charge in [-0.3, -0.25) is 0 Å². The first-order chi connectivity index (χ1) is 9.20. The summed E-state index contributed by atoms with van der Waals surface area (Å²) < 4.78 is 5.31. The molecule has 102 valence electrons. The van der Waals surface area contributed by atoms with E-state index in [2.05, 4.69) is 42.3 Å². The van der Waals surface area contributed by atoms with E-state index in [0.717, 1.165) is 30.5 Å². The fourth-order valence-corrected chi connectivity index (χ4v) is 2.08. The lowest BCUT2D eigenvalue weighted by Gasteiger charge is -2.09. The van der Waals surface area contributed by atoms with Gasteiger partial charge in [-0.1, -0.05) is 36.3 Å². The highest BCUT2D eigenvalue weighted by Gasteiger charge is 2.11. The number of nitrogens with zero attached hydrogens (tertiary/aromatic N) is 2. The number of hydrogen-bond donors (Lipinski definition) is 1. The van der Waals surface area contributed by atoms with E-state index in [-0.39, 0.29) is 0 Å². The summed E-state index contributed by atoms with van der Waals surface area (Å²) in [4.78, 5) is 4.47. The van der Waals surface area contributed by atoms with Crippen molar-refractivity contribution in [3.8, 4) is 11.4 Å². The molecule has 0 spiro atoms. The Balaban J connectivity index is 2.02. The molecule has 0 aliphatic carbocycles. The molecule has 1 atom stereocenters. The Hall–Kier alpha value is -1.68. The molecule has 0 saturated heterocycles. The molecule has 0 bridgehead atoms. The van der Waals surface area contributed by atoms with Gasteiger partial charge in [0.2, 0.25) is 11.7 Å². The molecular formula is C15H21N3O. The normalized spacial score (nSPS) is 12.6.